The summed E-state index contributed by atoms with van der Waals surface area (Å²) in [5.74, 6) is 6.03. The van der Waals surface area contributed by atoms with E-state index in [1.165, 1.54) is 0 Å². The van der Waals surface area contributed by atoms with Crippen molar-refractivity contribution < 1.29 is 4.79 Å². The predicted octanol–water partition coefficient (Wildman–Crippen LogP) is 2.02. The lowest BCUT2D eigenvalue weighted by Crippen LogP contribution is -2.22. The second kappa shape index (κ2) is 7.39. The largest absolute Gasteiger partial charge is 0.378 e. The molecule has 0 aliphatic carbocycles. The lowest BCUT2D eigenvalue weighted by atomic mass is 10.2. The maximum absolute atomic E-state index is 11.2. The van der Waals surface area contributed by atoms with Gasteiger partial charge in [0, 0.05) is 31.8 Å². The Balaban J connectivity index is 2.45. The van der Waals surface area contributed by atoms with Crippen molar-refractivity contribution in [3.8, 4) is 11.8 Å². The normalized spacial score (nSPS) is 9.28. The smallest absolute Gasteiger partial charge is 0.220 e. The SMILES string of the molecule is CCCC(=O)NCC#Cc1ccc(N(C)C)cc1. The van der Waals surface area contributed by atoms with Crippen molar-refractivity contribution in [3.05, 3.63) is 29.8 Å². The summed E-state index contributed by atoms with van der Waals surface area (Å²) in [7, 11) is 4.01. The molecular formula is C15H20N2O. The van der Waals surface area contributed by atoms with Crippen molar-refractivity contribution in [1.82, 2.24) is 5.32 Å². The zero-order chi connectivity index (χ0) is 13.4. The van der Waals surface area contributed by atoms with E-state index in [0.29, 0.717) is 13.0 Å². The summed E-state index contributed by atoms with van der Waals surface area (Å²) < 4.78 is 0. The van der Waals surface area contributed by atoms with E-state index in [0.717, 1.165) is 17.7 Å². The van der Waals surface area contributed by atoms with Crippen LogP contribution < -0.4 is 10.2 Å². The molecule has 0 bridgehead atoms. The van der Waals surface area contributed by atoms with Crippen LogP contribution in [0.15, 0.2) is 24.3 Å². The first-order valence-corrected chi connectivity index (χ1v) is 6.16. The molecule has 0 fully saturated rings. The standard InChI is InChI=1S/C15H20N2O/c1-4-6-15(18)16-12-5-7-13-8-10-14(11-9-13)17(2)3/h8-11H,4,6,12H2,1-3H3,(H,16,18). The molecule has 1 amide bonds. The van der Waals surface area contributed by atoms with Gasteiger partial charge in [0.2, 0.25) is 5.91 Å². The Morgan fingerprint density at radius 1 is 1.28 bits per heavy atom. The topological polar surface area (TPSA) is 32.3 Å². The molecule has 0 heterocycles. The van der Waals surface area contributed by atoms with Gasteiger partial charge in [-0.15, -0.1) is 0 Å². The lowest BCUT2D eigenvalue weighted by Gasteiger charge is -2.11. The highest BCUT2D eigenvalue weighted by Crippen LogP contribution is 2.11. The van der Waals surface area contributed by atoms with Crippen LogP contribution in [0.25, 0.3) is 0 Å². The van der Waals surface area contributed by atoms with Gasteiger partial charge in [0.25, 0.3) is 0 Å². The molecule has 3 nitrogen and oxygen atoms in total. The molecule has 0 saturated carbocycles. The summed E-state index contributed by atoms with van der Waals surface area (Å²) in [6.45, 7) is 2.39. The number of hydrogen-bond donors (Lipinski definition) is 1. The molecule has 0 spiro atoms. The van der Waals surface area contributed by atoms with Gasteiger partial charge in [-0.05, 0) is 30.7 Å². The molecule has 18 heavy (non-hydrogen) atoms. The molecule has 96 valence electrons. The fourth-order valence-electron chi connectivity index (χ4n) is 1.45. The number of rotatable bonds is 4. The van der Waals surface area contributed by atoms with Crippen LogP contribution in [0, 0.1) is 11.8 Å². The number of carbonyl (C=O) groups is 1. The zero-order valence-electron chi connectivity index (χ0n) is 11.3. The van der Waals surface area contributed by atoms with E-state index < -0.39 is 0 Å². The summed E-state index contributed by atoms with van der Waals surface area (Å²) in [5.41, 5.74) is 2.11. The van der Waals surface area contributed by atoms with E-state index in [1.807, 2.05) is 50.2 Å². The number of benzene rings is 1. The molecule has 0 aliphatic heterocycles. The number of nitrogens with one attached hydrogen (secondary N) is 1. The minimum Gasteiger partial charge on any atom is -0.378 e. The average molecular weight is 244 g/mol. The van der Waals surface area contributed by atoms with Crippen LogP contribution in [0.1, 0.15) is 25.3 Å². The van der Waals surface area contributed by atoms with E-state index in [4.69, 9.17) is 0 Å². The van der Waals surface area contributed by atoms with E-state index in [2.05, 4.69) is 17.2 Å². The number of carbonyl (C=O) groups excluding carboxylic acids is 1. The van der Waals surface area contributed by atoms with Crippen molar-refractivity contribution in [2.24, 2.45) is 0 Å². The third kappa shape index (κ3) is 4.92. The fourth-order valence-corrected chi connectivity index (χ4v) is 1.45. The van der Waals surface area contributed by atoms with Gasteiger partial charge in [0.1, 0.15) is 0 Å². The molecule has 0 radical (unpaired) electrons. The minimum atomic E-state index is 0.0646. The summed E-state index contributed by atoms with van der Waals surface area (Å²) in [6.07, 6.45) is 1.43. The van der Waals surface area contributed by atoms with Crippen molar-refractivity contribution in [2.75, 3.05) is 25.5 Å². The van der Waals surface area contributed by atoms with Crippen LogP contribution in [-0.4, -0.2) is 26.5 Å². The predicted molar refractivity (Wildman–Crippen MR) is 75.6 cm³/mol. The van der Waals surface area contributed by atoms with Crippen molar-refractivity contribution in [3.63, 3.8) is 0 Å². The van der Waals surface area contributed by atoms with Gasteiger partial charge < -0.3 is 10.2 Å². The number of hydrogen-bond acceptors (Lipinski definition) is 2. The second-order valence-electron chi connectivity index (χ2n) is 4.27. The van der Waals surface area contributed by atoms with E-state index >= 15 is 0 Å². The van der Waals surface area contributed by atoms with Crippen molar-refractivity contribution in [2.45, 2.75) is 19.8 Å². The highest BCUT2D eigenvalue weighted by atomic mass is 16.1. The van der Waals surface area contributed by atoms with E-state index in [9.17, 15) is 4.79 Å². The average Bonchev–Trinajstić information content (AvgIpc) is 2.35. The van der Waals surface area contributed by atoms with Gasteiger partial charge in [-0.3, -0.25) is 4.79 Å². The van der Waals surface area contributed by atoms with Crippen LogP contribution >= 0.6 is 0 Å². The third-order valence-electron chi connectivity index (χ3n) is 2.47. The van der Waals surface area contributed by atoms with Crippen LogP contribution in [0.3, 0.4) is 0 Å². The molecular weight excluding hydrogens is 224 g/mol. The van der Waals surface area contributed by atoms with E-state index in [1.54, 1.807) is 0 Å². The van der Waals surface area contributed by atoms with Gasteiger partial charge in [0.05, 0.1) is 6.54 Å². The third-order valence-corrected chi connectivity index (χ3v) is 2.47. The highest BCUT2D eigenvalue weighted by Gasteiger charge is 1.95. The van der Waals surface area contributed by atoms with Gasteiger partial charge in [-0.25, -0.2) is 0 Å². The summed E-state index contributed by atoms with van der Waals surface area (Å²) in [4.78, 5) is 13.2. The first-order chi connectivity index (χ1) is 8.63. The molecule has 0 aliphatic rings. The molecule has 0 atom stereocenters. The second-order valence-corrected chi connectivity index (χ2v) is 4.27. The minimum absolute atomic E-state index is 0.0646. The molecule has 0 saturated heterocycles. The lowest BCUT2D eigenvalue weighted by molar-refractivity contribution is -0.120. The van der Waals surface area contributed by atoms with Crippen LogP contribution in [0.4, 0.5) is 5.69 Å². The van der Waals surface area contributed by atoms with Crippen LogP contribution in [0.5, 0.6) is 0 Å². The van der Waals surface area contributed by atoms with Gasteiger partial charge in [0.15, 0.2) is 0 Å². The zero-order valence-corrected chi connectivity index (χ0v) is 11.3. The Morgan fingerprint density at radius 2 is 1.94 bits per heavy atom. The number of anilines is 1. The van der Waals surface area contributed by atoms with Crippen LogP contribution in [-0.2, 0) is 4.79 Å². The summed E-state index contributed by atoms with van der Waals surface area (Å²) >= 11 is 0. The fraction of sp³-hybridized carbons (Fsp3) is 0.400. The van der Waals surface area contributed by atoms with Crippen molar-refractivity contribution in [1.29, 1.82) is 0 Å². The molecule has 1 N–H and O–H groups in total. The number of amides is 1. The number of nitrogens with zero attached hydrogens (tertiary/aromatic N) is 1. The first-order valence-electron chi connectivity index (χ1n) is 6.16. The van der Waals surface area contributed by atoms with E-state index in [-0.39, 0.29) is 5.91 Å². The monoisotopic (exact) mass is 244 g/mol. The molecule has 1 aromatic carbocycles. The highest BCUT2D eigenvalue weighted by molar-refractivity contribution is 5.76. The van der Waals surface area contributed by atoms with Gasteiger partial charge >= 0.3 is 0 Å². The maximum Gasteiger partial charge on any atom is 0.220 e. The van der Waals surface area contributed by atoms with Gasteiger partial charge in [-0.2, -0.15) is 0 Å². The first kappa shape index (κ1) is 14.1. The Labute approximate surface area is 109 Å². The quantitative estimate of drug-likeness (QED) is 0.822. The Morgan fingerprint density at radius 3 is 2.50 bits per heavy atom. The Bertz CT molecular complexity index is 438. The van der Waals surface area contributed by atoms with Gasteiger partial charge in [-0.1, -0.05) is 18.8 Å². The Kier molecular flexibility index (Phi) is 5.79. The molecule has 0 aromatic heterocycles. The molecule has 3 heteroatoms. The Hall–Kier alpha value is -1.95. The molecule has 1 aromatic rings. The van der Waals surface area contributed by atoms with Crippen molar-refractivity contribution >= 4 is 11.6 Å². The maximum atomic E-state index is 11.2. The summed E-state index contributed by atoms with van der Waals surface area (Å²) in [5, 5.41) is 2.76. The molecule has 0 unspecified atom stereocenters. The molecule has 1 rings (SSSR count). The van der Waals surface area contributed by atoms with Crippen LogP contribution in [0.2, 0.25) is 0 Å². The summed E-state index contributed by atoms with van der Waals surface area (Å²) in [6, 6.07) is 8.02.